The molecule has 3 aliphatic rings. The van der Waals surface area contributed by atoms with Crippen molar-refractivity contribution < 1.29 is 14.4 Å². The Balaban J connectivity index is 1.53. The zero-order chi connectivity index (χ0) is 22.5. The van der Waals surface area contributed by atoms with Crippen LogP contribution >= 0.6 is 23.4 Å². The van der Waals surface area contributed by atoms with Crippen molar-refractivity contribution in [3.8, 4) is 0 Å². The molecule has 8 heteroatoms. The topological polar surface area (TPSA) is 78.5 Å². The van der Waals surface area contributed by atoms with Crippen molar-refractivity contribution in [2.75, 3.05) is 23.9 Å². The van der Waals surface area contributed by atoms with Crippen LogP contribution in [-0.2, 0) is 26.3 Å². The number of hydrogen-bond donors (Lipinski definition) is 2. The number of amides is 3. The Morgan fingerprint density at radius 1 is 1.06 bits per heavy atom. The summed E-state index contributed by atoms with van der Waals surface area (Å²) in [6.45, 7) is 0.310. The van der Waals surface area contributed by atoms with E-state index in [1.807, 2.05) is 42.7 Å². The highest BCUT2D eigenvalue weighted by molar-refractivity contribution is 7.98. The molecule has 3 aliphatic heterocycles. The second-order valence-electron chi connectivity index (χ2n) is 8.52. The van der Waals surface area contributed by atoms with Crippen LogP contribution in [0.25, 0.3) is 0 Å². The van der Waals surface area contributed by atoms with E-state index in [0.29, 0.717) is 35.7 Å². The van der Waals surface area contributed by atoms with Gasteiger partial charge in [-0.15, -0.1) is 0 Å². The number of thioether (sulfide) groups is 1. The highest BCUT2D eigenvalue weighted by atomic mass is 35.5. The summed E-state index contributed by atoms with van der Waals surface area (Å²) in [5, 5.41) is 6.74. The minimum atomic E-state index is -1.28. The van der Waals surface area contributed by atoms with Gasteiger partial charge in [0.25, 0.3) is 0 Å². The number of benzene rings is 2. The summed E-state index contributed by atoms with van der Waals surface area (Å²) in [7, 11) is 0. The fraction of sp³-hybridized carbons (Fsp3) is 0.375. The van der Waals surface area contributed by atoms with Crippen molar-refractivity contribution in [2.24, 2.45) is 11.8 Å². The van der Waals surface area contributed by atoms with Crippen LogP contribution in [0.4, 0.5) is 5.69 Å². The van der Waals surface area contributed by atoms with Crippen LogP contribution in [-0.4, -0.2) is 47.2 Å². The van der Waals surface area contributed by atoms with Gasteiger partial charge in [0.15, 0.2) is 0 Å². The first-order chi connectivity index (χ1) is 15.5. The van der Waals surface area contributed by atoms with Crippen molar-refractivity contribution >= 4 is 46.8 Å². The monoisotopic (exact) mass is 469 g/mol. The smallest absolute Gasteiger partial charge is 0.250 e. The number of nitrogens with one attached hydrogen (secondary N) is 2. The first-order valence-electron chi connectivity index (χ1n) is 10.7. The predicted molar refractivity (Wildman–Crippen MR) is 126 cm³/mol. The maximum atomic E-state index is 13.7. The van der Waals surface area contributed by atoms with Crippen molar-refractivity contribution in [3.05, 3.63) is 64.7 Å². The van der Waals surface area contributed by atoms with E-state index >= 15 is 0 Å². The molecule has 2 saturated heterocycles. The maximum Gasteiger partial charge on any atom is 0.250 e. The van der Waals surface area contributed by atoms with Crippen LogP contribution in [0, 0.1) is 11.8 Å². The third-order valence-electron chi connectivity index (χ3n) is 6.89. The van der Waals surface area contributed by atoms with Crippen LogP contribution in [0.5, 0.6) is 0 Å². The molecule has 5 rings (SSSR count). The average Bonchev–Trinajstić information content (AvgIpc) is 3.38. The summed E-state index contributed by atoms with van der Waals surface area (Å²) in [6, 6.07) is 14.8. The molecule has 32 heavy (non-hydrogen) atoms. The zero-order valence-corrected chi connectivity index (χ0v) is 19.2. The first-order valence-corrected chi connectivity index (χ1v) is 12.5. The number of rotatable bonds is 6. The fourth-order valence-corrected chi connectivity index (χ4v) is 6.16. The van der Waals surface area contributed by atoms with E-state index in [2.05, 4.69) is 10.6 Å². The molecular formula is C24H24ClN3O3S. The summed E-state index contributed by atoms with van der Waals surface area (Å²) >= 11 is 8.04. The highest BCUT2D eigenvalue weighted by Crippen LogP contribution is 2.54. The number of fused-ring (bicyclic) bond motifs is 4. The first kappa shape index (κ1) is 21.5. The van der Waals surface area contributed by atoms with Crippen LogP contribution in [0.2, 0.25) is 5.02 Å². The second-order valence-corrected chi connectivity index (χ2v) is 9.92. The van der Waals surface area contributed by atoms with E-state index in [0.717, 1.165) is 11.3 Å². The van der Waals surface area contributed by atoms with Crippen molar-refractivity contribution in [1.29, 1.82) is 0 Å². The Labute approximate surface area is 196 Å². The molecule has 0 bridgehead atoms. The number of halogens is 1. The van der Waals surface area contributed by atoms with Gasteiger partial charge >= 0.3 is 0 Å². The third-order valence-corrected chi connectivity index (χ3v) is 7.85. The molecule has 0 unspecified atom stereocenters. The summed E-state index contributed by atoms with van der Waals surface area (Å²) in [5.74, 6) is -1.30. The Hall–Kier alpha value is -2.35. The minimum absolute atomic E-state index is 0.185. The normalized spacial score (nSPS) is 28.4. The molecule has 3 heterocycles. The number of anilines is 1. The van der Waals surface area contributed by atoms with Gasteiger partial charge in [-0.05, 0) is 36.5 Å². The van der Waals surface area contributed by atoms with Gasteiger partial charge in [0.1, 0.15) is 5.54 Å². The zero-order valence-electron chi connectivity index (χ0n) is 17.6. The van der Waals surface area contributed by atoms with E-state index in [9.17, 15) is 14.4 Å². The average molecular weight is 470 g/mol. The predicted octanol–water partition coefficient (Wildman–Crippen LogP) is 3.06. The number of imide groups is 1. The molecule has 2 aromatic rings. The number of likely N-dealkylation sites (tertiary alicyclic amines) is 1. The van der Waals surface area contributed by atoms with Crippen LogP contribution in [0.3, 0.4) is 0 Å². The Kier molecular flexibility index (Phi) is 5.51. The number of hydrogen-bond acceptors (Lipinski definition) is 5. The molecule has 2 aromatic carbocycles. The lowest BCUT2D eigenvalue weighted by Gasteiger charge is -2.29. The highest BCUT2D eigenvalue weighted by Gasteiger charge is 2.70. The quantitative estimate of drug-likeness (QED) is 0.636. The molecule has 0 aliphatic carbocycles. The molecule has 4 atom stereocenters. The number of carbonyl (C=O) groups is 3. The Morgan fingerprint density at radius 3 is 2.59 bits per heavy atom. The summed E-state index contributed by atoms with van der Waals surface area (Å²) in [4.78, 5) is 42.0. The molecule has 2 fully saturated rings. The van der Waals surface area contributed by atoms with E-state index in [-0.39, 0.29) is 23.8 Å². The molecule has 166 valence electrons. The van der Waals surface area contributed by atoms with Crippen LogP contribution < -0.4 is 10.6 Å². The van der Waals surface area contributed by atoms with Gasteiger partial charge in [0.05, 0.1) is 22.5 Å². The van der Waals surface area contributed by atoms with Crippen LogP contribution in [0.1, 0.15) is 17.5 Å². The second kappa shape index (κ2) is 8.21. The van der Waals surface area contributed by atoms with Gasteiger partial charge in [0.2, 0.25) is 17.7 Å². The molecular weight excluding hydrogens is 446 g/mol. The lowest BCUT2D eigenvalue weighted by Crippen LogP contribution is -2.53. The number of carbonyl (C=O) groups excluding carboxylic acids is 3. The molecule has 2 N–H and O–H groups in total. The van der Waals surface area contributed by atoms with Crippen molar-refractivity contribution in [1.82, 2.24) is 10.2 Å². The summed E-state index contributed by atoms with van der Waals surface area (Å²) in [6.07, 6.45) is 3.29. The van der Waals surface area contributed by atoms with Crippen molar-refractivity contribution in [2.45, 2.75) is 24.4 Å². The largest absolute Gasteiger partial charge is 0.323 e. The van der Waals surface area contributed by atoms with Crippen LogP contribution in [0.15, 0.2) is 48.5 Å². The summed E-state index contributed by atoms with van der Waals surface area (Å²) in [5.41, 5.74) is 0.969. The van der Waals surface area contributed by atoms with Gasteiger partial charge in [-0.25, -0.2) is 0 Å². The molecule has 0 radical (unpaired) electrons. The molecule has 3 amide bonds. The minimum Gasteiger partial charge on any atom is -0.323 e. The number of para-hydroxylation sites is 1. The van der Waals surface area contributed by atoms with E-state index in [1.54, 1.807) is 23.9 Å². The standard InChI is InChI=1S/C24H24ClN3O3S/c1-32-13-11-17-18-19(22(30)28(21(18)29)12-10-14-6-3-2-4-7-14)24(27-17)15-8-5-9-16(25)20(15)26-23(24)31/h2-9,17-19,27H,10-13H2,1H3,(H,26,31)/t17-,18-,19+,24-/m1/s1. The Morgan fingerprint density at radius 2 is 1.84 bits per heavy atom. The van der Waals surface area contributed by atoms with Gasteiger partial charge in [-0.3, -0.25) is 24.6 Å². The SMILES string of the molecule is CSCC[C@H]1N[C@@]2(C(=O)Nc3c(Cl)cccc32)[C@@H]2C(=O)N(CCc3ccccc3)C(=O)[C@@H]21. The number of nitrogens with zero attached hydrogens (tertiary/aromatic N) is 1. The van der Waals surface area contributed by atoms with E-state index in [4.69, 9.17) is 11.6 Å². The fourth-order valence-electron chi connectivity index (χ4n) is 5.45. The van der Waals surface area contributed by atoms with Gasteiger partial charge in [-0.1, -0.05) is 54.1 Å². The molecule has 6 nitrogen and oxygen atoms in total. The lowest BCUT2D eigenvalue weighted by atomic mass is 9.76. The Bertz CT molecular complexity index is 1100. The summed E-state index contributed by atoms with van der Waals surface area (Å²) < 4.78 is 0. The molecule has 1 spiro atoms. The van der Waals surface area contributed by atoms with Gasteiger partial charge < -0.3 is 5.32 Å². The van der Waals surface area contributed by atoms with Crippen molar-refractivity contribution in [3.63, 3.8) is 0 Å². The maximum absolute atomic E-state index is 13.7. The van der Waals surface area contributed by atoms with Gasteiger partial charge in [-0.2, -0.15) is 11.8 Å². The molecule has 0 aromatic heterocycles. The van der Waals surface area contributed by atoms with E-state index < -0.39 is 17.4 Å². The van der Waals surface area contributed by atoms with E-state index in [1.165, 1.54) is 4.90 Å². The molecule has 0 saturated carbocycles. The van der Waals surface area contributed by atoms with Gasteiger partial charge in [0, 0.05) is 18.2 Å². The third kappa shape index (κ3) is 3.10. The lowest BCUT2D eigenvalue weighted by molar-refractivity contribution is -0.142.